The van der Waals surface area contributed by atoms with Gasteiger partial charge in [0.15, 0.2) is 0 Å². The van der Waals surface area contributed by atoms with Gasteiger partial charge in [-0.15, -0.1) is 0 Å². The average molecular weight is 228 g/mol. The molecular weight excluding hydrogens is 212 g/mol. The quantitative estimate of drug-likeness (QED) is 0.874. The van der Waals surface area contributed by atoms with E-state index in [1.54, 1.807) is 12.4 Å². The topological polar surface area (TPSA) is 48.1 Å². The van der Waals surface area contributed by atoms with Crippen LogP contribution < -0.4 is 10.5 Å². The summed E-state index contributed by atoms with van der Waals surface area (Å²) < 4.78 is 5.84. The van der Waals surface area contributed by atoms with E-state index < -0.39 is 0 Å². The first-order valence-corrected chi connectivity index (χ1v) is 5.63. The Kier molecular flexibility index (Phi) is 3.73. The van der Waals surface area contributed by atoms with Crippen LogP contribution in [0.15, 0.2) is 48.8 Å². The van der Waals surface area contributed by atoms with Crippen molar-refractivity contribution in [3.05, 3.63) is 59.9 Å². The van der Waals surface area contributed by atoms with E-state index in [9.17, 15) is 0 Å². The second-order valence-electron chi connectivity index (χ2n) is 3.94. The zero-order valence-corrected chi connectivity index (χ0v) is 9.84. The monoisotopic (exact) mass is 228 g/mol. The van der Waals surface area contributed by atoms with Crippen LogP contribution in [0.25, 0.3) is 0 Å². The zero-order chi connectivity index (χ0) is 12.1. The largest absolute Gasteiger partial charge is 0.484 e. The Morgan fingerprint density at radius 3 is 2.59 bits per heavy atom. The molecule has 2 rings (SSSR count). The Morgan fingerprint density at radius 2 is 2.00 bits per heavy atom. The van der Waals surface area contributed by atoms with Crippen LogP contribution in [0.2, 0.25) is 0 Å². The summed E-state index contributed by atoms with van der Waals surface area (Å²) in [5.41, 5.74) is 7.94. The number of aryl methyl sites for hydroxylation is 1. The summed E-state index contributed by atoms with van der Waals surface area (Å²) in [4.78, 5) is 4.07. The molecule has 1 atom stereocenters. The molecule has 1 heterocycles. The van der Waals surface area contributed by atoms with E-state index in [1.165, 1.54) is 5.56 Å². The van der Waals surface area contributed by atoms with Crippen LogP contribution in [0.4, 0.5) is 0 Å². The Bertz CT molecular complexity index is 453. The van der Waals surface area contributed by atoms with E-state index in [4.69, 9.17) is 10.5 Å². The Morgan fingerprint density at radius 1 is 1.24 bits per heavy atom. The summed E-state index contributed by atoms with van der Waals surface area (Å²) in [5.74, 6) is 0.829. The molecule has 0 saturated carbocycles. The maximum absolute atomic E-state index is 5.84. The molecule has 0 amide bonds. The molecule has 0 spiro atoms. The standard InChI is InChI=1S/C14H16N2O/c1-11-4-6-13(7-5-11)17-14(9-15)12-3-2-8-16-10-12/h2-8,10,14H,9,15H2,1H3. The zero-order valence-electron chi connectivity index (χ0n) is 9.84. The minimum absolute atomic E-state index is 0.147. The molecule has 17 heavy (non-hydrogen) atoms. The molecule has 0 aliphatic heterocycles. The molecule has 1 aromatic carbocycles. The number of hydrogen-bond acceptors (Lipinski definition) is 3. The molecule has 3 heteroatoms. The molecule has 0 saturated heterocycles. The molecule has 0 aliphatic rings. The second-order valence-corrected chi connectivity index (χ2v) is 3.94. The van der Waals surface area contributed by atoms with Crippen LogP contribution >= 0.6 is 0 Å². The lowest BCUT2D eigenvalue weighted by molar-refractivity contribution is 0.214. The van der Waals surface area contributed by atoms with Gasteiger partial charge in [-0.1, -0.05) is 23.8 Å². The molecule has 1 aromatic heterocycles. The molecule has 88 valence electrons. The second kappa shape index (κ2) is 5.46. The maximum Gasteiger partial charge on any atom is 0.137 e. The molecule has 0 radical (unpaired) electrons. The molecule has 0 fully saturated rings. The van der Waals surface area contributed by atoms with Crippen LogP contribution in [0.5, 0.6) is 5.75 Å². The predicted molar refractivity (Wildman–Crippen MR) is 67.8 cm³/mol. The van der Waals surface area contributed by atoms with Crippen molar-refractivity contribution < 1.29 is 4.74 Å². The lowest BCUT2D eigenvalue weighted by Gasteiger charge is -2.17. The average Bonchev–Trinajstić information content (AvgIpc) is 2.39. The van der Waals surface area contributed by atoms with Crippen LogP contribution in [-0.4, -0.2) is 11.5 Å². The Balaban J connectivity index is 2.13. The van der Waals surface area contributed by atoms with Crippen molar-refractivity contribution >= 4 is 0 Å². The molecule has 3 nitrogen and oxygen atoms in total. The van der Waals surface area contributed by atoms with Crippen molar-refractivity contribution in [2.45, 2.75) is 13.0 Å². The summed E-state index contributed by atoms with van der Waals surface area (Å²) >= 11 is 0. The first kappa shape index (κ1) is 11.6. The molecule has 0 aliphatic carbocycles. The third-order valence-corrected chi connectivity index (χ3v) is 2.57. The van der Waals surface area contributed by atoms with E-state index >= 15 is 0 Å². The Hall–Kier alpha value is -1.87. The van der Waals surface area contributed by atoms with Gasteiger partial charge in [-0.3, -0.25) is 4.98 Å². The van der Waals surface area contributed by atoms with Gasteiger partial charge < -0.3 is 10.5 Å². The highest BCUT2D eigenvalue weighted by atomic mass is 16.5. The minimum atomic E-state index is -0.147. The SMILES string of the molecule is Cc1ccc(OC(CN)c2cccnc2)cc1. The molecule has 1 unspecified atom stereocenters. The van der Waals surface area contributed by atoms with E-state index in [0.717, 1.165) is 11.3 Å². The summed E-state index contributed by atoms with van der Waals surface area (Å²) in [7, 11) is 0. The minimum Gasteiger partial charge on any atom is -0.484 e. The lowest BCUT2D eigenvalue weighted by atomic mass is 10.1. The van der Waals surface area contributed by atoms with Crippen molar-refractivity contribution in [2.75, 3.05) is 6.54 Å². The molecule has 2 N–H and O–H groups in total. The van der Waals surface area contributed by atoms with E-state index in [0.29, 0.717) is 6.54 Å². The van der Waals surface area contributed by atoms with Gasteiger partial charge >= 0.3 is 0 Å². The van der Waals surface area contributed by atoms with Crippen LogP contribution in [0.3, 0.4) is 0 Å². The van der Waals surface area contributed by atoms with Gasteiger partial charge in [0.2, 0.25) is 0 Å². The van der Waals surface area contributed by atoms with Gasteiger partial charge in [-0.05, 0) is 25.1 Å². The van der Waals surface area contributed by atoms with Crippen molar-refractivity contribution in [1.82, 2.24) is 4.98 Å². The Labute approximate surface area is 101 Å². The maximum atomic E-state index is 5.84. The number of nitrogens with two attached hydrogens (primary N) is 1. The van der Waals surface area contributed by atoms with Gasteiger partial charge in [0.05, 0.1) is 0 Å². The third-order valence-electron chi connectivity index (χ3n) is 2.57. The van der Waals surface area contributed by atoms with Gasteiger partial charge in [-0.25, -0.2) is 0 Å². The molecule has 0 bridgehead atoms. The van der Waals surface area contributed by atoms with Crippen LogP contribution in [0, 0.1) is 6.92 Å². The number of pyridine rings is 1. The van der Waals surface area contributed by atoms with Gasteiger partial charge in [-0.2, -0.15) is 0 Å². The third kappa shape index (κ3) is 3.04. The highest BCUT2D eigenvalue weighted by Gasteiger charge is 2.11. The highest BCUT2D eigenvalue weighted by molar-refractivity contribution is 5.27. The van der Waals surface area contributed by atoms with Crippen LogP contribution in [0.1, 0.15) is 17.2 Å². The first-order valence-electron chi connectivity index (χ1n) is 5.63. The fourth-order valence-electron chi connectivity index (χ4n) is 1.60. The van der Waals surface area contributed by atoms with Crippen molar-refractivity contribution in [3.63, 3.8) is 0 Å². The summed E-state index contributed by atoms with van der Waals surface area (Å²) in [6.45, 7) is 2.48. The van der Waals surface area contributed by atoms with Gasteiger partial charge in [0, 0.05) is 24.5 Å². The summed E-state index contributed by atoms with van der Waals surface area (Å²) in [6, 6.07) is 11.8. The van der Waals surface area contributed by atoms with Crippen molar-refractivity contribution in [1.29, 1.82) is 0 Å². The summed E-state index contributed by atoms with van der Waals surface area (Å²) in [6.07, 6.45) is 3.38. The number of aromatic nitrogens is 1. The molecular formula is C14H16N2O. The number of rotatable bonds is 4. The number of ether oxygens (including phenoxy) is 1. The fourth-order valence-corrected chi connectivity index (χ4v) is 1.60. The number of hydrogen-bond donors (Lipinski definition) is 1. The van der Waals surface area contributed by atoms with Crippen molar-refractivity contribution in [3.8, 4) is 5.75 Å². The smallest absolute Gasteiger partial charge is 0.137 e. The summed E-state index contributed by atoms with van der Waals surface area (Å²) in [5, 5.41) is 0. The van der Waals surface area contributed by atoms with Gasteiger partial charge in [0.25, 0.3) is 0 Å². The predicted octanol–water partition coefficient (Wildman–Crippen LogP) is 2.47. The van der Waals surface area contributed by atoms with Crippen molar-refractivity contribution in [2.24, 2.45) is 5.73 Å². The van der Waals surface area contributed by atoms with Crippen LogP contribution in [-0.2, 0) is 0 Å². The van der Waals surface area contributed by atoms with E-state index in [-0.39, 0.29) is 6.10 Å². The van der Waals surface area contributed by atoms with E-state index in [2.05, 4.69) is 4.98 Å². The normalized spacial score (nSPS) is 12.1. The fraction of sp³-hybridized carbons (Fsp3) is 0.214. The molecule has 2 aromatic rings. The highest BCUT2D eigenvalue weighted by Crippen LogP contribution is 2.20. The number of nitrogens with zero attached hydrogens (tertiary/aromatic N) is 1. The first-order chi connectivity index (χ1) is 8.29. The lowest BCUT2D eigenvalue weighted by Crippen LogP contribution is -2.18. The number of benzene rings is 1. The van der Waals surface area contributed by atoms with Gasteiger partial charge in [0.1, 0.15) is 11.9 Å². The van der Waals surface area contributed by atoms with E-state index in [1.807, 2.05) is 43.3 Å².